The minimum absolute atomic E-state index is 0.123. The van der Waals surface area contributed by atoms with Gasteiger partial charge in [0.05, 0.1) is 6.04 Å². The average Bonchev–Trinajstić information content (AvgIpc) is 2.87. The molecular weight excluding hydrogens is 480 g/mol. The number of carbonyl (C=O) groups is 2. The summed E-state index contributed by atoms with van der Waals surface area (Å²) < 4.78 is 12.1. The van der Waals surface area contributed by atoms with Crippen LogP contribution < -0.4 is 0 Å². The number of amides is 1. The summed E-state index contributed by atoms with van der Waals surface area (Å²) in [7, 11) is -1.14. The molecule has 1 fully saturated rings. The van der Waals surface area contributed by atoms with E-state index in [1.165, 1.54) is 10.9 Å². The summed E-state index contributed by atoms with van der Waals surface area (Å²) in [5.41, 5.74) is -1.57. The van der Waals surface area contributed by atoms with Crippen LogP contribution in [0, 0.1) is 5.92 Å². The Bertz CT molecular complexity index is 910. The summed E-state index contributed by atoms with van der Waals surface area (Å²) in [5.74, 6) is -0.555. The van der Waals surface area contributed by atoms with Crippen LogP contribution in [-0.4, -0.2) is 63.8 Å². The molecule has 0 aliphatic carbocycles. The smallest absolute Gasteiger partial charge is 0.408 e. The molecule has 1 aliphatic heterocycles. The van der Waals surface area contributed by atoms with E-state index < -0.39 is 43.1 Å². The van der Waals surface area contributed by atoms with Crippen molar-refractivity contribution >= 4 is 31.9 Å². The van der Waals surface area contributed by atoms with Crippen LogP contribution in [0.1, 0.15) is 60.6 Å². The number of ether oxygens (including phenoxy) is 2. The molecule has 9 heteroatoms. The van der Waals surface area contributed by atoms with Crippen LogP contribution in [0.25, 0.3) is 0 Å². The molecule has 7 nitrogen and oxygen atoms in total. The Morgan fingerprint density at radius 3 is 2.34 bits per heavy atom. The second-order valence-corrected chi connectivity index (χ2v) is 19.4. The van der Waals surface area contributed by atoms with E-state index in [0.29, 0.717) is 12.1 Å². The van der Waals surface area contributed by atoms with E-state index in [0.717, 1.165) is 10.6 Å². The molecular formula is C26H44N2O5SSi. The molecule has 1 aromatic heterocycles. The SMILES string of the molecule is CC(C)C[C@H](N(C(=O)O)C(C)(C)C)[C@@]1(Cc2cc(SCC[Si](C)(C)C)ccn2)OC(C)(C)OC1=O. The van der Waals surface area contributed by atoms with Crippen molar-refractivity contribution in [3.05, 3.63) is 24.0 Å². The number of hydrogen-bond acceptors (Lipinski definition) is 6. The van der Waals surface area contributed by atoms with Gasteiger partial charge in [0.15, 0.2) is 5.60 Å². The van der Waals surface area contributed by atoms with Crippen molar-refractivity contribution < 1.29 is 24.2 Å². The maximum absolute atomic E-state index is 13.6. The van der Waals surface area contributed by atoms with Gasteiger partial charge in [0, 0.05) is 50.7 Å². The van der Waals surface area contributed by atoms with Gasteiger partial charge >= 0.3 is 12.1 Å². The third-order valence-corrected chi connectivity index (χ3v) is 9.05. The zero-order valence-electron chi connectivity index (χ0n) is 23.1. The lowest BCUT2D eigenvalue weighted by atomic mass is 9.81. The molecule has 0 bridgehead atoms. The molecule has 1 aliphatic rings. The van der Waals surface area contributed by atoms with Gasteiger partial charge in [-0.05, 0) is 57.0 Å². The van der Waals surface area contributed by atoms with Crippen LogP contribution in [0.5, 0.6) is 0 Å². The zero-order valence-corrected chi connectivity index (χ0v) is 24.9. The Hall–Kier alpha value is -1.58. The van der Waals surface area contributed by atoms with Gasteiger partial charge in [-0.3, -0.25) is 9.88 Å². The number of aromatic nitrogens is 1. The molecule has 2 atom stereocenters. The van der Waals surface area contributed by atoms with E-state index in [2.05, 4.69) is 24.6 Å². The number of carboxylic acid groups (broad SMARTS) is 1. The minimum Gasteiger partial charge on any atom is -0.465 e. The monoisotopic (exact) mass is 524 g/mol. The van der Waals surface area contributed by atoms with E-state index in [4.69, 9.17) is 9.47 Å². The van der Waals surface area contributed by atoms with Crippen molar-refractivity contribution in [3.8, 4) is 0 Å². The fourth-order valence-electron chi connectivity index (χ4n) is 4.47. The average molecular weight is 525 g/mol. The van der Waals surface area contributed by atoms with Crippen molar-refractivity contribution in [3.63, 3.8) is 0 Å². The van der Waals surface area contributed by atoms with Gasteiger partial charge in [-0.1, -0.05) is 33.5 Å². The molecule has 1 amide bonds. The van der Waals surface area contributed by atoms with Gasteiger partial charge in [0.2, 0.25) is 5.79 Å². The van der Waals surface area contributed by atoms with E-state index >= 15 is 0 Å². The van der Waals surface area contributed by atoms with Crippen molar-refractivity contribution in [1.82, 2.24) is 9.88 Å². The van der Waals surface area contributed by atoms with Gasteiger partial charge in [-0.25, -0.2) is 9.59 Å². The number of thioether (sulfide) groups is 1. The lowest BCUT2D eigenvalue weighted by Crippen LogP contribution is -2.64. The first kappa shape index (κ1) is 29.6. The molecule has 0 saturated carbocycles. The fourth-order valence-corrected chi connectivity index (χ4v) is 7.94. The molecule has 198 valence electrons. The highest BCUT2D eigenvalue weighted by Crippen LogP contribution is 2.43. The highest BCUT2D eigenvalue weighted by molar-refractivity contribution is 7.99. The van der Waals surface area contributed by atoms with Crippen molar-refractivity contribution in [1.29, 1.82) is 0 Å². The summed E-state index contributed by atoms with van der Waals surface area (Å²) in [5, 5.41) is 10.3. The Labute approximate surface area is 216 Å². The van der Waals surface area contributed by atoms with Gasteiger partial charge < -0.3 is 14.6 Å². The summed E-state index contributed by atoms with van der Waals surface area (Å²) in [4.78, 5) is 33.1. The molecule has 1 saturated heterocycles. The Morgan fingerprint density at radius 1 is 1.26 bits per heavy atom. The molecule has 0 spiro atoms. The van der Waals surface area contributed by atoms with Crippen molar-refractivity contribution in [2.75, 3.05) is 5.75 Å². The summed E-state index contributed by atoms with van der Waals surface area (Å²) in [6, 6.07) is 4.43. The van der Waals surface area contributed by atoms with Gasteiger partial charge in [-0.2, -0.15) is 0 Å². The van der Waals surface area contributed by atoms with E-state index in [-0.39, 0.29) is 12.3 Å². The van der Waals surface area contributed by atoms with Crippen LogP contribution in [0.4, 0.5) is 4.79 Å². The first-order valence-corrected chi connectivity index (χ1v) is 17.1. The Balaban J connectivity index is 2.53. The van der Waals surface area contributed by atoms with Crippen molar-refractivity contribution in [2.24, 2.45) is 5.92 Å². The number of pyridine rings is 1. The van der Waals surface area contributed by atoms with E-state index in [9.17, 15) is 14.7 Å². The fraction of sp³-hybridized carbons (Fsp3) is 0.731. The second-order valence-electron chi connectivity index (χ2n) is 12.6. The standard InChI is InChI=1S/C26H44N2O5SSi/c1-18(2)15-21(28(23(30)31)24(3,4)5)26(22(29)32-25(6,7)33-26)17-19-16-20(11-12-27-19)34-13-14-35(8,9)10/h11-12,16,18,21H,13-15,17H2,1-10H3,(H,30,31)/t21-,26+/m0/s1. The first-order chi connectivity index (χ1) is 15.9. The van der Waals surface area contributed by atoms with Crippen LogP contribution in [-0.2, 0) is 20.7 Å². The lowest BCUT2D eigenvalue weighted by molar-refractivity contribution is -0.180. The van der Waals surface area contributed by atoms with Crippen LogP contribution in [0.2, 0.25) is 25.7 Å². The minimum atomic E-state index is -1.51. The number of hydrogen-bond donors (Lipinski definition) is 1. The Kier molecular flexibility index (Phi) is 9.15. The van der Waals surface area contributed by atoms with Gasteiger partial charge in [-0.15, -0.1) is 11.8 Å². The highest BCUT2D eigenvalue weighted by Gasteiger charge is 2.62. The number of esters is 1. The highest BCUT2D eigenvalue weighted by atomic mass is 32.2. The van der Waals surface area contributed by atoms with Gasteiger partial charge in [0.1, 0.15) is 0 Å². The summed E-state index contributed by atoms with van der Waals surface area (Å²) >= 11 is 1.79. The third kappa shape index (κ3) is 7.95. The second kappa shape index (κ2) is 10.8. The number of rotatable bonds is 10. The lowest BCUT2D eigenvalue weighted by Gasteiger charge is -2.46. The van der Waals surface area contributed by atoms with Crippen LogP contribution >= 0.6 is 11.8 Å². The molecule has 2 heterocycles. The largest absolute Gasteiger partial charge is 0.465 e. The van der Waals surface area contributed by atoms with Crippen LogP contribution in [0.3, 0.4) is 0 Å². The molecule has 2 rings (SSSR count). The third-order valence-electron chi connectivity index (χ3n) is 5.94. The van der Waals surface area contributed by atoms with E-state index in [1.54, 1.807) is 31.8 Å². The quantitative estimate of drug-likeness (QED) is 0.218. The summed E-state index contributed by atoms with van der Waals surface area (Å²) in [6.45, 7) is 20.0. The zero-order chi connectivity index (χ0) is 26.8. The molecule has 1 N–H and O–H groups in total. The predicted octanol–water partition coefficient (Wildman–Crippen LogP) is 6.30. The molecule has 35 heavy (non-hydrogen) atoms. The first-order valence-electron chi connectivity index (χ1n) is 12.4. The maximum atomic E-state index is 13.6. The molecule has 0 unspecified atom stereocenters. The van der Waals surface area contributed by atoms with Crippen molar-refractivity contribution in [2.45, 2.75) is 115 Å². The summed E-state index contributed by atoms with van der Waals surface area (Å²) in [6.07, 6.45) is 1.24. The number of carbonyl (C=O) groups excluding carboxylic acids is 1. The molecule has 0 aromatic carbocycles. The van der Waals surface area contributed by atoms with E-state index in [1.807, 2.05) is 46.8 Å². The normalized spacial score (nSPS) is 21.2. The van der Waals surface area contributed by atoms with Crippen LogP contribution in [0.15, 0.2) is 23.2 Å². The van der Waals surface area contributed by atoms with Gasteiger partial charge in [0.25, 0.3) is 0 Å². The maximum Gasteiger partial charge on any atom is 0.408 e. The number of nitrogens with zero attached hydrogens (tertiary/aromatic N) is 2. The Morgan fingerprint density at radius 2 is 1.89 bits per heavy atom. The molecule has 1 aromatic rings. The molecule has 0 radical (unpaired) electrons. The predicted molar refractivity (Wildman–Crippen MR) is 144 cm³/mol. The topological polar surface area (TPSA) is 89.0 Å². The number of cyclic esters (lactones) is 1.